The Bertz CT molecular complexity index is 463. The monoisotopic (exact) mass is 196 g/mol. The van der Waals surface area contributed by atoms with Crippen LogP contribution in [0.1, 0.15) is 24.8 Å². The summed E-state index contributed by atoms with van der Waals surface area (Å²) in [4.78, 5) is 0. The second-order valence-corrected chi connectivity index (χ2v) is 3.82. The number of hydrogen-bond donors (Lipinski definition) is 0. The number of hydrogen-bond acceptors (Lipinski definition) is 0. The Morgan fingerprint density at radius 1 is 1.13 bits per heavy atom. The average molecular weight is 196 g/mol. The van der Waals surface area contributed by atoms with E-state index in [9.17, 15) is 0 Å². The lowest BCUT2D eigenvalue weighted by molar-refractivity contribution is 0.814. The normalized spacial score (nSPS) is 12.6. The topological polar surface area (TPSA) is 0 Å². The van der Waals surface area contributed by atoms with E-state index in [2.05, 4.69) is 56.0 Å². The van der Waals surface area contributed by atoms with Crippen molar-refractivity contribution in [2.24, 2.45) is 0 Å². The predicted molar refractivity (Wildman–Crippen MR) is 67.2 cm³/mol. The van der Waals surface area contributed by atoms with Crippen LogP contribution < -0.4 is 0 Å². The van der Waals surface area contributed by atoms with Gasteiger partial charge in [-0.1, -0.05) is 55.5 Å². The van der Waals surface area contributed by atoms with Crippen LogP contribution in [0, 0.1) is 0 Å². The van der Waals surface area contributed by atoms with Crippen LogP contribution in [0.15, 0.2) is 55.1 Å². The molecule has 0 aliphatic carbocycles. The third-order valence-corrected chi connectivity index (χ3v) is 2.95. The molecule has 1 atom stereocenters. The first-order valence-corrected chi connectivity index (χ1v) is 5.47. The maximum absolute atomic E-state index is 3.92. The van der Waals surface area contributed by atoms with Crippen LogP contribution in [-0.4, -0.2) is 0 Å². The van der Waals surface area contributed by atoms with E-state index in [1.54, 1.807) is 0 Å². The van der Waals surface area contributed by atoms with E-state index in [0.717, 1.165) is 6.42 Å². The molecule has 0 bridgehead atoms. The summed E-state index contributed by atoms with van der Waals surface area (Å²) >= 11 is 0. The summed E-state index contributed by atoms with van der Waals surface area (Å²) < 4.78 is 0. The fourth-order valence-electron chi connectivity index (χ4n) is 2.09. The molecule has 0 aromatic heterocycles. The van der Waals surface area contributed by atoms with Crippen LogP contribution in [0.3, 0.4) is 0 Å². The van der Waals surface area contributed by atoms with Gasteiger partial charge in [0.1, 0.15) is 0 Å². The van der Waals surface area contributed by atoms with Crippen molar-refractivity contribution >= 4 is 10.8 Å². The zero-order chi connectivity index (χ0) is 10.7. The molecule has 0 radical (unpaired) electrons. The molecule has 0 nitrogen and oxygen atoms in total. The van der Waals surface area contributed by atoms with E-state index < -0.39 is 0 Å². The third kappa shape index (κ3) is 1.80. The highest BCUT2D eigenvalue weighted by Gasteiger charge is 2.07. The lowest BCUT2D eigenvalue weighted by atomic mass is 9.92. The zero-order valence-electron chi connectivity index (χ0n) is 9.11. The van der Waals surface area contributed by atoms with E-state index in [4.69, 9.17) is 0 Å². The second-order valence-electron chi connectivity index (χ2n) is 3.82. The molecule has 0 heterocycles. The van der Waals surface area contributed by atoms with Crippen LogP contribution in [0.2, 0.25) is 0 Å². The van der Waals surface area contributed by atoms with Crippen LogP contribution in [0.5, 0.6) is 0 Å². The molecular formula is C15H16. The Morgan fingerprint density at radius 3 is 2.60 bits per heavy atom. The molecule has 0 N–H and O–H groups in total. The highest BCUT2D eigenvalue weighted by molar-refractivity contribution is 5.86. The molecule has 0 aliphatic heterocycles. The molecule has 15 heavy (non-hydrogen) atoms. The molecular weight excluding hydrogens is 180 g/mol. The van der Waals surface area contributed by atoms with E-state index >= 15 is 0 Å². The molecule has 0 fully saturated rings. The van der Waals surface area contributed by atoms with Gasteiger partial charge in [-0.3, -0.25) is 0 Å². The quantitative estimate of drug-likeness (QED) is 0.633. The Hall–Kier alpha value is -1.56. The molecule has 0 spiro atoms. The zero-order valence-corrected chi connectivity index (χ0v) is 9.11. The molecule has 0 saturated carbocycles. The predicted octanol–water partition coefficient (Wildman–Crippen LogP) is 4.52. The maximum Gasteiger partial charge on any atom is 0.00188 e. The standard InChI is InChI=1S/C15H16/c1-3-12(4-2)14-11-7-9-13-8-5-6-10-15(13)14/h3,5-12H,1,4H2,2H3/t12-/m1/s1. The Morgan fingerprint density at radius 2 is 1.87 bits per heavy atom. The summed E-state index contributed by atoms with van der Waals surface area (Å²) in [7, 11) is 0. The summed E-state index contributed by atoms with van der Waals surface area (Å²) in [6.45, 7) is 6.12. The van der Waals surface area contributed by atoms with Crippen LogP contribution in [-0.2, 0) is 0 Å². The highest BCUT2D eigenvalue weighted by atomic mass is 14.1. The molecule has 0 saturated heterocycles. The maximum atomic E-state index is 3.92. The first kappa shape index (κ1) is 9.97. The van der Waals surface area contributed by atoms with Crippen molar-refractivity contribution in [1.29, 1.82) is 0 Å². The van der Waals surface area contributed by atoms with Crippen molar-refractivity contribution in [3.63, 3.8) is 0 Å². The van der Waals surface area contributed by atoms with Crippen LogP contribution in [0.4, 0.5) is 0 Å². The highest BCUT2D eigenvalue weighted by Crippen LogP contribution is 2.28. The van der Waals surface area contributed by atoms with Crippen molar-refractivity contribution in [2.45, 2.75) is 19.3 Å². The van der Waals surface area contributed by atoms with Gasteiger partial charge >= 0.3 is 0 Å². The van der Waals surface area contributed by atoms with Gasteiger partial charge in [-0.25, -0.2) is 0 Å². The van der Waals surface area contributed by atoms with Gasteiger partial charge in [0.25, 0.3) is 0 Å². The molecule has 0 aliphatic rings. The average Bonchev–Trinajstić information content (AvgIpc) is 2.31. The molecule has 2 aromatic carbocycles. The van der Waals surface area contributed by atoms with E-state index in [1.165, 1.54) is 16.3 Å². The fourth-order valence-corrected chi connectivity index (χ4v) is 2.09. The minimum Gasteiger partial charge on any atom is -0.102 e. The molecule has 2 rings (SSSR count). The Balaban J connectivity index is 2.64. The minimum absolute atomic E-state index is 0.469. The Kier molecular flexibility index (Phi) is 2.86. The first-order valence-electron chi connectivity index (χ1n) is 5.47. The summed E-state index contributed by atoms with van der Waals surface area (Å²) in [6.07, 6.45) is 3.15. The van der Waals surface area contributed by atoms with Crippen molar-refractivity contribution < 1.29 is 0 Å². The number of allylic oxidation sites excluding steroid dienone is 1. The summed E-state index contributed by atoms with van der Waals surface area (Å²) in [5.41, 5.74) is 1.39. The van der Waals surface area contributed by atoms with Crippen molar-refractivity contribution in [3.8, 4) is 0 Å². The van der Waals surface area contributed by atoms with E-state index in [-0.39, 0.29) is 0 Å². The largest absolute Gasteiger partial charge is 0.102 e. The fraction of sp³-hybridized carbons (Fsp3) is 0.200. The van der Waals surface area contributed by atoms with E-state index in [0.29, 0.717) is 5.92 Å². The third-order valence-electron chi connectivity index (χ3n) is 2.95. The number of benzene rings is 2. The summed E-state index contributed by atoms with van der Waals surface area (Å²) in [6, 6.07) is 15.0. The lowest BCUT2D eigenvalue weighted by Gasteiger charge is -2.13. The van der Waals surface area contributed by atoms with Crippen LogP contribution in [0.25, 0.3) is 10.8 Å². The van der Waals surface area contributed by atoms with E-state index in [1.807, 2.05) is 6.08 Å². The Labute approximate surface area is 91.2 Å². The molecule has 0 unspecified atom stereocenters. The molecule has 0 amide bonds. The van der Waals surface area contributed by atoms with Gasteiger partial charge in [-0.05, 0) is 22.8 Å². The van der Waals surface area contributed by atoms with Crippen molar-refractivity contribution in [1.82, 2.24) is 0 Å². The van der Waals surface area contributed by atoms with Crippen molar-refractivity contribution in [2.75, 3.05) is 0 Å². The SMILES string of the molecule is C=C[C@H](CC)c1cccc2ccccc12. The number of fused-ring (bicyclic) bond motifs is 1. The van der Waals surface area contributed by atoms with Gasteiger partial charge in [-0.15, -0.1) is 6.58 Å². The van der Waals surface area contributed by atoms with Gasteiger partial charge in [0, 0.05) is 5.92 Å². The first-order chi connectivity index (χ1) is 7.36. The lowest BCUT2D eigenvalue weighted by Crippen LogP contribution is -1.93. The number of rotatable bonds is 3. The summed E-state index contributed by atoms with van der Waals surface area (Å²) in [5.74, 6) is 0.469. The van der Waals surface area contributed by atoms with Gasteiger partial charge < -0.3 is 0 Å². The molecule has 2 aromatic rings. The molecule has 0 heteroatoms. The van der Waals surface area contributed by atoms with Gasteiger partial charge in [0.15, 0.2) is 0 Å². The van der Waals surface area contributed by atoms with Gasteiger partial charge in [0.05, 0.1) is 0 Å². The summed E-state index contributed by atoms with van der Waals surface area (Å²) in [5, 5.41) is 2.67. The smallest absolute Gasteiger partial charge is 0.00188 e. The molecule has 76 valence electrons. The minimum atomic E-state index is 0.469. The second kappa shape index (κ2) is 4.31. The van der Waals surface area contributed by atoms with Crippen molar-refractivity contribution in [3.05, 3.63) is 60.7 Å². The van der Waals surface area contributed by atoms with Crippen LogP contribution >= 0.6 is 0 Å². The van der Waals surface area contributed by atoms with Gasteiger partial charge in [0.2, 0.25) is 0 Å². The van der Waals surface area contributed by atoms with Gasteiger partial charge in [-0.2, -0.15) is 0 Å².